The van der Waals surface area contributed by atoms with E-state index in [0.717, 1.165) is 0 Å². The lowest BCUT2D eigenvalue weighted by atomic mass is 10.2. The lowest BCUT2D eigenvalue weighted by Crippen LogP contribution is -2.15. The Morgan fingerprint density at radius 1 is 1.07 bits per heavy atom. The predicted molar refractivity (Wildman–Crippen MR) is 102 cm³/mol. The first-order valence-electron chi connectivity index (χ1n) is 8.49. The molecule has 2 N–H and O–H groups in total. The van der Waals surface area contributed by atoms with Gasteiger partial charge in [-0.05, 0) is 42.5 Å². The molecule has 2 heterocycles. The van der Waals surface area contributed by atoms with Crippen molar-refractivity contribution < 1.29 is 17.9 Å². The molecule has 4 aromatic rings. The summed E-state index contributed by atoms with van der Waals surface area (Å²) in [5.74, 6) is 7.00. The van der Waals surface area contributed by atoms with Gasteiger partial charge in [-0.15, -0.1) is 10.2 Å². The van der Waals surface area contributed by atoms with Crippen LogP contribution in [0.25, 0.3) is 11.5 Å². The Bertz CT molecular complexity index is 1110. The molecule has 0 fully saturated rings. The quantitative estimate of drug-likeness (QED) is 0.363. The fourth-order valence-electron chi connectivity index (χ4n) is 2.45. The number of hydrogen-bond acceptors (Lipinski definition) is 7. The number of halogens is 2. The monoisotopic (exact) mass is 415 g/mol. The second-order valence-corrected chi connectivity index (χ2v) is 6.90. The minimum atomic E-state index is -0.358. The first kappa shape index (κ1) is 18.9. The fourth-order valence-corrected chi connectivity index (χ4v) is 3.20. The highest BCUT2D eigenvalue weighted by molar-refractivity contribution is 7.98. The molecule has 0 bridgehead atoms. The number of aromatic nitrogens is 4. The highest BCUT2D eigenvalue weighted by atomic mass is 32.2. The van der Waals surface area contributed by atoms with E-state index in [1.807, 2.05) is 0 Å². The summed E-state index contributed by atoms with van der Waals surface area (Å²) in [4.78, 5) is 4.35. The Hall–Kier alpha value is -3.40. The first-order valence-corrected chi connectivity index (χ1v) is 9.48. The van der Waals surface area contributed by atoms with Crippen LogP contribution in [0.2, 0.25) is 0 Å². The van der Waals surface area contributed by atoms with Crippen LogP contribution in [0.5, 0.6) is 5.75 Å². The standard InChI is InChI=1S/C19H15F2N5O2S/c20-13-4-6-16(7-5-13)27-10-17-24-25-19(26(17)22)29-11-15-9-28-18(23-15)12-2-1-3-14(21)8-12/h1-9H,10-11,22H2. The summed E-state index contributed by atoms with van der Waals surface area (Å²) in [5, 5.41) is 8.51. The molecule has 0 radical (unpaired) electrons. The lowest BCUT2D eigenvalue weighted by Gasteiger charge is -2.06. The number of nitrogen functional groups attached to an aromatic ring is 1. The molecule has 148 valence electrons. The zero-order valence-corrected chi connectivity index (χ0v) is 15.8. The number of nitrogens with zero attached hydrogens (tertiary/aromatic N) is 4. The maximum Gasteiger partial charge on any atom is 0.226 e. The van der Waals surface area contributed by atoms with Crippen LogP contribution < -0.4 is 10.6 Å². The van der Waals surface area contributed by atoms with Gasteiger partial charge in [0.15, 0.2) is 5.82 Å². The Labute approximate surface area is 168 Å². The van der Waals surface area contributed by atoms with Crippen molar-refractivity contribution in [3.63, 3.8) is 0 Å². The number of rotatable bonds is 7. The molecule has 7 nitrogen and oxygen atoms in total. The van der Waals surface area contributed by atoms with Crippen LogP contribution in [0.15, 0.2) is 64.4 Å². The second kappa shape index (κ2) is 8.31. The number of benzene rings is 2. The third kappa shape index (κ3) is 4.54. The zero-order valence-electron chi connectivity index (χ0n) is 15.0. The third-order valence-corrected chi connectivity index (χ3v) is 4.87. The van der Waals surface area contributed by atoms with E-state index in [-0.39, 0.29) is 18.2 Å². The number of ether oxygens (including phenoxy) is 1. The van der Waals surface area contributed by atoms with Crippen LogP contribution in [0.4, 0.5) is 8.78 Å². The highest BCUT2D eigenvalue weighted by Gasteiger charge is 2.13. The maximum absolute atomic E-state index is 13.3. The molecule has 4 rings (SSSR count). The summed E-state index contributed by atoms with van der Waals surface area (Å²) in [6.07, 6.45) is 1.50. The van der Waals surface area contributed by atoms with E-state index in [1.165, 1.54) is 59.1 Å². The SMILES string of the molecule is Nn1c(COc2ccc(F)cc2)nnc1SCc1coc(-c2cccc(F)c2)n1. The fraction of sp³-hybridized carbons (Fsp3) is 0.105. The normalized spacial score (nSPS) is 11.0. The molecule has 0 atom stereocenters. The molecule has 0 spiro atoms. The van der Waals surface area contributed by atoms with Crippen molar-refractivity contribution in [3.05, 3.63) is 77.9 Å². The summed E-state index contributed by atoms with van der Waals surface area (Å²) in [5.41, 5.74) is 1.21. The Morgan fingerprint density at radius 3 is 2.69 bits per heavy atom. The molecular formula is C19H15F2N5O2S. The van der Waals surface area contributed by atoms with E-state index in [4.69, 9.17) is 15.0 Å². The maximum atomic E-state index is 13.3. The van der Waals surface area contributed by atoms with Gasteiger partial charge in [-0.3, -0.25) is 0 Å². The average molecular weight is 415 g/mol. The molecule has 0 amide bonds. The Kier molecular flexibility index (Phi) is 5.43. The molecular weight excluding hydrogens is 400 g/mol. The van der Waals surface area contributed by atoms with Gasteiger partial charge in [0.25, 0.3) is 0 Å². The van der Waals surface area contributed by atoms with E-state index >= 15 is 0 Å². The van der Waals surface area contributed by atoms with Gasteiger partial charge >= 0.3 is 0 Å². The number of nitrogens with two attached hydrogens (primary N) is 1. The molecule has 0 saturated carbocycles. The predicted octanol–water partition coefficient (Wildman–Crippen LogP) is 3.80. The van der Waals surface area contributed by atoms with Gasteiger partial charge in [-0.25, -0.2) is 18.4 Å². The minimum Gasteiger partial charge on any atom is -0.486 e. The van der Waals surface area contributed by atoms with Crippen LogP contribution in [0, 0.1) is 11.6 Å². The smallest absolute Gasteiger partial charge is 0.226 e. The molecule has 0 aliphatic carbocycles. The molecule has 0 saturated heterocycles. The van der Waals surface area contributed by atoms with Gasteiger partial charge in [-0.1, -0.05) is 17.8 Å². The molecule has 0 aliphatic rings. The summed E-state index contributed by atoms with van der Waals surface area (Å²) in [6, 6.07) is 11.7. The van der Waals surface area contributed by atoms with Crippen LogP contribution in [0.3, 0.4) is 0 Å². The molecule has 2 aromatic carbocycles. The summed E-state index contributed by atoms with van der Waals surface area (Å²) < 4.78 is 38.5. The van der Waals surface area contributed by atoms with Crippen LogP contribution in [-0.2, 0) is 12.4 Å². The molecule has 0 aliphatic heterocycles. The largest absolute Gasteiger partial charge is 0.486 e. The topological polar surface area (TPSA) is 92.0 Å². The van der Waals surface area contributed by atoms with Gasteiger partial charge in [-0.2, -0.15) is 0 Å². The highest BCUT2D eigenvalue weighted by Crippen LogP contribution is 2.24. The van der Waals surface area contributed by atoms with Crippen molar-refractivity contribution >= 4 is 11.8 Å². The zero-order chi connectivity index (χ0) is 20.2. The van der Waals surface area contributed by atoms with E-state index in [1.54, 1.807) is 12.1 Å². The summed E-state index contributed by atoms with van der Waals surface area (Å²) >= 11 is 1.32. The van der Waals surface area contributed by atoms with Crippen LogP contribution in [0.1, 0.15) is 11.5 Å². The van der Waals surface area contributed by atoms with Gasteiger partial charge in [0, 0.05) is 11.3 Å². The van der Waals surface area contributed by atoms with E-state index in [0.29, 0.717) is 39.6 Å². The number of thioether (sulfide) groups is 1. The van der Waals surface area contributed by atoms with Gasteiger partial charge in [0.05, 0.1) is 5.69 Å². The molecule has 0 unspecified atom stereocenters. The third-order valence-electron chi connectivity index (χ3n) is 3.89. The van der Waals surface area contributed by atoms with Crippen LogP contribution >= 0.6 is 11.8 Å². The molecule has 29 heavy (non-hydrogen) atoms. The van der Waals surface area contributed by atoms with Gasteiger partial charge in [0.1, 0.15) is 30.3 Å². The van der Waals surface area contributed by atoms with Crippen molar-refractivity contribution in [1.29, 1.82) is 0 Å². The van der Waals surface area contributed by atoms with Crippen molar-refractivity contribution in [2.75, 3.05) is 5.84 Å². The summed E-state index contributed by atoms with van der Waals surface area (Å²) in [6.45, 7) is 0.0867. The number of hydrogen-bond donors (Lipinski definition) is 1. The van der Waals surface area contributed by atoms with Crippen molar-refractivity contribution in [2.24, 2.45) is 0 Å². The van der Waals surface area contributed by atoms with Gasteiger partial charge < -0.3 is 15.0 Å². The molecule has 2 aromatic heterocycles. The molecule has 10 heteroatoms. The van der Waals surface area contributed by atoms with E-state index in [9.17, 15) is 8.78 Å². The van der Waals surface area contributed by atoms with Gasteiger partial charge in [0.2, 0.25) is 11.0 Å². The Balaban J connectivity index is 1.36. The van der Waals surface area contributed by atoms with E-state index < -0.39 is 0 Å². The summed E-state index contributed by atoms with van der Waals surface area (Å²) in [7, 11) is 0. The second-order valence-electron chi connectivity index (χ2n) is 5.95. The lowest BCUT2D eigenvalue weighted by molar-refractivity contribution is 0.291. The Morgan fingerprint density at radius 2 is 1.90 bits per heavy atom. The van der Waals surface area contributed by atoms with E-state index in [2.05, 4.69) is 15.2 Å². The van der Waals surface area contributed by atoms with Crippen molar-refractivity contribution in [1.82, 2.24) is 19.9 Å². The minimum absolute atomic E-state index is 0.0867. The van der Waals surface area contributed by atoms with Crippen molar-refractivity contribution in [2.45, 2.75) is 17.5 Å². The number of oxazole rings is 1. The van der Waals surface area contributed by atoms with Crippen molar-refractivity contribution in [3.8, 4) is 17.2 Å². The van der Waals surface area contributed by atoms with Crippen LogP contribution in [-0.4, -0.2) is 19.9 Å². The first-order chi connectivity index (χ1) is 14.1. The average Bonchev–Trinajstić information content (AvgIpc) is 3.33.